The highest BCUT2D eigenvalue weighted by Crippen LogP contribution is 2.36. The molecule has 0 unspecified atom stereocenters. The molecule has 24 heavy (non-hydrogen) atoms. The first kappa shape index (κ1) is 16.8. The highest BCUT2D eigenvalue weighted by atomic mass is 16.7. The van der Waals surface area contributed by atoms with Crippen molar-refractivity contribution in [1.29, 1.82) is 0 Å². The monoisotopic (exact) mass is 338 g/mol. The minimum absolute atomic E-state index is 0.0264. The topological polar surface area (TPSA) is 51.2 Å². The third kappa shape index (κ3) is 3.62. The molecule has 1 amide bonds. The molecule has 0 aromatic carbocycles. The molecule has 4 heterocycles. The van der Waals surface area contributed by atoms with Crippen molar-refractivity contribution in [1.82, 2.24) is 9.96 Å². The first-order valence-electron chi connectivity index (χ1n) is 9.63. The molecule has 4 rings (SSSR count). The van der Waals surface area contributed by atoms with Crippen LogP contribution in [0.15, 0.2) is 0 Å². The number of ether oxygens (including phenoxy) is 2. The van der Waals surface area contributed by atoms with Crippen LogP contribution in [0.1, 0.15) is 25.7 Å². The molecule has 0 saturated carbocycles. The van der Waals surface area contributed by atoms with Crippen LogP contribution >= 0.6 is 0 Å². The number of hydrogen-bond acceptors (Lipinski definition) is 5. The van der Waals surface area contributed by atoms with Crippen LogP contribution in [0.4, 0.5) is 0 Å². The largest absolute Gasteiger partial charge is 0.381 e. The second-order valence-corrected chi connectivity index (χ2v) is 7.82. The number of nitrogens with zero attached hydrogens (tertiary/aromatic N) is 2. The van der Waals surface area contributed by atoms with E-state index in [2.05, 4.69) is 4.90 Å². The molecule has 4 aliphatic heterocycles. The normalized spacial score (nSPS) is 35.8. The maximum absolute atomic E-state index is 12.9. The summed E-state index contributed by atoms with van der Waals surface area (Å²) in [4.78, 5) is 21.0. The van der Waals surface area contributed by atoms with E-state index in [1.807, 2.05) is 0 Å². The van der Waals surface area contributed by atoms with Gasteiger partial charge in [-0.05, 0) is 43.4 Å². The van der Waals surface area contributed by atoms with Gasteiger partial charge in [0.1, 0.15) is 0 Å². The Morgan fingerprint density at radius 1 is 1.00 bits per heavy atom. The fraction of sp³-hybridized carbons (Fsp3) is 0.944. The molecule has 136 valence electrons. The van der Waals surface area contributed by atoms with Crippen LogP contribution in [0.2, 0.25) is 0 Å². The van der Waals surface area contributed by atoms with Crippen LogP contribution in [-0.4, -0.2) is 75.1 Å². The Morgan fingerprint density at radius 3 is 2.67 bits per heavy atom. The number of carbonyl (C=O) groups excluding carboxylic acids is 1. The van der Waals surface area contributed by atoms with Gasteiger partial charge in [0, 0.05) is 39.4 Å². The number of fused-ring (bicyclic) bond motifs is 1. The molecule has 0 aliphatic carbocycles. The number of likely N-dealkylation sites (tertiary alicyclic amines) is 1. The summed E-state index contributed by atoms with van der Waals surface area (Å²) in [6, 6.07) is 0. The van der Waals surface area contributed by atoms with Crippen LogP contribution in [0.3, 0.4) is 0 Å². The van der Waals surface area contributed by atoms with Crippen LogP contribution < -0.4 is 0 Å². The van der Waals surface area contributed by atoms with E-state index < -0.39 is 0 Å². The van der Waals surface area contributed by atoms with Crippen molar-refractivity contribution >= 4 is 5.91 Å². The van der Waals surface area contributed by atoms with E-state index in [0.717, 1.165) is 64.8 Å². The molecule has 0 aromatic heterocycles. The summed E-state index contributed by atoms with van der Waals surface area (Å²) in [6.07, 6.45) is 4.44. The van der Waals surface area contributed by atoms with Gasteiger partial charge in [-0.3, -0.25) is 9.63 Å². The van der Waals surface area contributed by atoms with Gasteiger partial charge >= 0.3 is 0 Å². The molecule has 4 aliphatic rings. The van der Waals surface area contributed by atoms with E-state index in [0.29, 0.717) is 25.0 Å². The molecule has 0 bridgehead atoms. The van der Waals surface area contributed by atoms with Gasteiger partial charge in [0.15, 0.2) is 0 Å². The summed E-state index contributed by atoms with van der Waals surface area (Å²) in [7, 11) is 0. The highest BCUT2D eigenvalue weighted by molar-refractivity contribution is 5.78. The van der Waals surface area contributed by atoms with E-state index in [4.69, 9.17) is 14.3 Å². The average molecular weight is 338 g/mol. The molecule has 0 radical (unpaired) electrons. The van der Waals surface area contributed by atoms with Gasteiger partial charge in [-0.15, -0.1) is 0 Å². The van der Waals surface area contributed by atoms with Crippen molar-refractivity contribution in [3.8, 4) is 0 Å². The highest BCUT2D eigenvalue weighted by Gasteiger charge is 2.45. The number of rotatable bonds is 3. The Hall–Kier alpha value is -0.690. The van der Waals surface area contributed by atoms with E-state index >= 15 is 0 Å². The average Bonchev–Trinajstić information content (AvgIpc) is 3.05. The number of hydrogen-bond donors (Lipinski definition) is 0. The van der Waals surface area contributed by atoms with Crippen LogP contribution in [-0.2, 0) is 19.1 Å². The Balaban J connectivity index is 1.36. The zero-order valence-electron chi connectivity index (χ0n) is 14.5. The Bertz CT molecular complexity index is 435. The molecule has 4 fully saturated rings. The van der Waals surface area contributed by atoms with Crippen molar-refractivity contribution in [2.24, 2.45) is 23.7 Å². The van der Waals surface area contributed by atoms with Crippen LogP contribution in [0.5, 0.6) is 0 Å². The Labute approximate surface area is 144 Å². The van der Waals surface area contributed by atoms with E-state index in [1.54, 1.807) is 5.06 Å². The lowest BCUT2D eigenvalue weighted by Crippen LogP contribution is -2.47. The fourth-order valence-corrected chi connectivity index (χ4v) is 4.74. The Kier molecular flexibility index (Phi) is 5.37. The van der Waals surface area contributed by atoms with Crippen molar-refractivity contribution in [2.45, 2.75) is 25.7 Å². The lowest BCUT2D eigenvalue weighted by Gasteiger charge is -2.36. The van der Waals surface area contributed by atoms with Crippen molar-refractivity contribution in [3.63, 3.8) is 0 Å². The smallest absolute Gasteiger partial charge is 0.251 e. The molecule has 6 nitrogen and oxygen atoms in total. The number of amides is 1. The predicted octanol–water partition coefficient (Wildman–Crippen LogP) is 1.16. The quantitative estimate of drug-likeness (QED) is 0.773. The summed E-state index contributed by atoms with van der Waals surface area (Å²) < 4.78 is 11.3. The van der Waals surface area contributed by atoms with Crippen LogP contribution in [0, 0.1) is 23.7 Å². The molecule has 4 saturated heterocycles. The third-order valence-electron chi connectivity index (χ3n) is 6.14. The van der Waals surface area contributed by atoms with Gasteiger partial charge in [-0.1, -0.05) is 0 Å². The number of carbonyl (C=O) groups is 1. The minimum atomic E-state index is -0.0264. The fourth-order valence-electron chi connectivity index (χ4n) is 4.74. The molecular weight excluding hydrogens is 308 g/mol. The van der Waals surface area contributed by atoms with Gasteiger partial charge in [-0.25, -0.2) is 5.06 Å². The summed E-state index contributed by atoms with van der Waals surface area (Å²) in [5.74, 6) is 1.80. The zero-order valence-corrected chi connectivity index (χ0v) is 14.5. The molecule has 6 heteroatoms. The second-order valence-electron chi connectivity index (χ2n) is 7.82. The van der Waals surface area contributed by atoms with Gasteiger partial charge in [0.25, 0.3) is 5.91 Å². The standard InChI is InChI=1S/C18H30N2O4/c21-18(20-5-1-2-6-24-20)17-13-23-12-15-10-19(11-16(15)17)9-14-3-7-22-8-4-14/h14-17H,1-13H2/t15-,16-,17-/m1/s1. The summed E-state index contributed by atoms with van der Waals surface area (Å²) in [5.41, 5.74) is 0. The summed E-state index contributed by atoms with van der Waals surface area (Å²) in [6.45, 7) is 7.84. The number of hydroxylamine groups is 2. The zero-order chi connectivity index (χ0) is 16.4. The van der Waals surface area contributed by atoms with E-state index in [1.165, 1.54) is 12.8 Å². The third-order valence-corrected chi connectivity index (χ3v) is 6.14. The first-order valence-corrected chi connectivity index (χ1v) is 9.63. The molecule has 0 spiro atoms. The molecule has 3 atom stereocenters. The van der Waals surface area contributed by atoms with E-state index in [-0.39, 0.29) is 11.8 Å². The Morgan fingerprint density at radius 2 is 1.88 bits per heavy atom. The lowest BCUT2D eigenvalue weighted by molar-refractivity contribution is -0.207. The molecule has 0 aromatic rings. The maximum atomic E-state index is 12.9. The van der Waals surface area contributed by atoms with Gasteiger partial charge in [0.2, 0.25) is 0 Å². The van der Waals surface area contributed by atoms with Crippen molar-refractivity contribution in [2.75, 3.05) is 59.2 Å². The van der Waals surface area contributed by atoms with Crippen molar-refractivity contribution in [3.05, 3.63) is 0 Å². The minimum Gasteiger partial charge on any atom is -0.381 e. The van der Waals surface area contributed by atoms with Gasteiger partial charge in [-0.2, -0.15) is 0 Å². The summed E-state index contributed by atoms with van der Waals surface area (Å²) >= 11 is 0. The maximum Gasteiger partial charge on any atom is 0.251 e. The van der Waals surface area contributed by atoms with E-state index in [9.17, 15) is 4.79 Å². The van der Waals surface area contributed by atoms with Gasteiger partial charge in [0.05, 0.1) is 25.7 Å². The first-order chi connectivity index (χ1) is 11.8. The SMILES string of the molecule is O=C([C@@H]1COC[C@H]2CN(CC3CCOCC3)C[C@H]21)N1CCCCO1. The van der Waals surface area contributed by atoms with Gasteiger partial charge < -0.3 is 14.4 Å². The van der Waals surface area contributed by atoms with Crippen LogP contribution in [0.25, 0.3) is 0 Å². The molecular formula is C18H30N2O4. The van der Waals surface area contributed by atoms with Crippen molar-refractivity contribution < 1.29 is 19.1 Å². The second kappa shape index (κ2) is 7.68. The summed E-state index contributed by atoms with van der Waals surface area (Å²) in [5, 5.41) is 1.61. The lowest BCUT2D eigenvalue weighted by atomic mass is 9.82. The molecule has 0 N–H and O–H groups in total. The predicted molar refractivity (Wildman–Crippen MR) is 88.2 cm³/mol.